The SMILES string of the molecule is CCC(CC)C(=O)N(CCC(=O)O)c1ccccc1N. The summed E-state index contributed by atoms with van der Waals surface area (Å²) in [6, 6.07) is 7.04. The molecule has 1 amide bonds. The molecule has 0 aliphatic heterocycles. The fourth-order valence-electron chi connectivity index (χ4n) is 2.15. The number of hydrogen-bond acceptors (Lipinski definition) is 3. The highest BCUT2D eigenvalue weighted by Crippen LogP contribution is 2.25. The van der Waals surface area contributed by atoms with Gasteiger partial charge in [0.25, 0.3) is 0 Å². The van der Waals surface area contributed by atoms with Gasteiger partial charge in [0.2, 0.25) is 5.91 Å². The van der Waals surface area contributed by atoms with E-state index in [1.54, 1.807) is 24.3 Å². The molecule has 0 atom stereocenters. The summed E-state index contributed by atoms with van der Waals surface area (Å²) in [7, 11) is 0. The van der Waals surface area contributed by atoms with E-state index in [1.807, 2.05) is 13.8 Å². The topological polar surface area (TPSA) is 83.6 Å². The molecule has 0 aromatic heterocycles. The third-order valence-electron chi connectivity index (χ3n) is 3.38. The lowest BCUT2D eigenvalue weighted by atomic mass is 10.0. The minimum atomic E-state index is -0.929. The summed E-state index contributed by atoms with van der Waals surface area (Å²) < 4.78 is 0. The highest BCUT2D eigenvalue weighted by molar-refractivity contribution is 5.98. The van der Waals surface area contributed by atoms with E-state index in [4.69, 9.17) is 10.8 Å². The maximum absolute atomic E-state index is 12.5. The van der Waals surface area contributed by atoms with Gasteiger partial charge < -0.3 is 15.7 Å². The molecule has 0 aliphatic rings. The molecule has 110 valence electrons. The molecule has 3 N–H and O–H groups in total. The van der Waals surface area contributed by atoms with Crippen LogP contribution in [0.4, 0.5) is 11.4 Å². The molecule has 0 radical (unpaired) electrons. The van der Waals surface area contributed by atoms with Crippen LogP contribution >= 0.6 is 0 Å². The van der Waals surface area contributed by atoms with E-state index in [1.165, 1.54) is 4.90 Å². The zero-order valence-electron chi connectivity index (χ0n) is 12.0. The van der Waals surface area contributed by atoms with E-state index in [0.717, 1.165) is 12.8 Å². The van der Waals surface area contributed by atoms with Gasteiger partial charge in [0.05, 0.1) is 17.8 Å². The number of nitrogens with two attached hydrogens (primary N) is 1. The van der Waals surface area contributed by atoms with Gasteiger partial charge in [-0.15, -0.1) is 0 Å². The minimum Gasteiger partial charge on any atom is -0.481 e. The molecule has 1 aromatic carbocycles. The second-order valence-electron chi connectivity index (χ2n) is 4.71. The van der Waals surface area contributed by atoms with E-state index < -0.39 is 5.97 Å². The molecule has 0 heterocycles. The molecule has 5 heteroatoms. The fraction of sp³-hybridized carbons (Fsp3) is 0.467. The predicted molar refractivity (Wildman–Crippen MR) is 79.5 cm³/mol. The van der Waals surface area contributed by atoms with Crippen molar-refractivity contribution in [3.05, 3.63) is 24.3 Å². The fourth-order valence-corrected chi connectivity index (χ4v) is 2.15. The first-order valence-corrected chi connectivity index (χ1v) is 6.88. The molecular formula is C15H22N2O3. The Hall–Kier alpha value is -2.04. The van der Waals surface area contributed by atoms with Gasteiger partial charge in [-0.1, -0.05) is 26.0 Å². The number of anilines is 2. The molecule has 0 aliphatic carbocycles. The highest BCUT2D eigenvalue weighted by Gasteiger charge is 2.24. The highest BCUT2D eigenvalue weighted by atomic mass is 16.4. The Kier molecular flexibility index (Phi) is 6.03. The van der Waals surface area contributed by atoms with Gasteiger partial charge in [-0.05, 0) is 25.0 Å². The molecule has 20 heavy (non-hydrogen) atoms. The van der Waals surface area contributed by atoms with E-state index in [2.05, 4.69) is 0 Å². The van der Waals surface area contributed by atoms with Crippen LogP contribution in [0, 0.1) is 5.92 Å². The maximum Gasteiger partial charge on any atom is 0.305 e. The molecule has 5 nitrogen and oxygen atoms in total. The largest absolute Gasteiger partial charge is 0.481 e. The van der Waals surface area contributed by atoms with Crippen LogP contribution in [-0.2, 0) is 9.59 Å². The van der Waals surface area contributed by atoms with Crippen LogP contribution in [0.25, 0.3) is 0 Å². The van der Waals surface area contributed by atoms with Crippen LogP contribution in [0.1, 0.15) is 33.1 Å². The number of nitrogen functional groups attached to an aromatic ring is 1. The first-order chi connectivity index (χ1) is 9.51. The third-order valence-corrected chi connectivity index (χ3v) is 3.38. The first kappa shape index (κ1) is 16.0. The number of carbonyl (C=O) groups is 2. The van der Waals surface area contributed by atoms with Gasteiger partial charge in [0, 0.05) is 12.5 Å². The number of carboxylic acids is 1. The number of amides is 1. The Balaban J connectivity index is 3.05. The van der Waals surface area contributed by atoms with Gasteiger partial charge >= 0.3 is 5.97 Å². The number of hydrogen-bond donors (Lipinski definition) is 2. The van der Waals surface area contributed by atoms with E-state index in [-0.39, 0.29) is 24.8 Å². The van der Waals surface area contributed by atoms with Gasteiger partial charge in [-0.25, -0.2) is 0 Å². The molecular weight excluding hydrogens is 256 g/mol. The Morgan fingerprint density at radius 3 is 2.35 bits per heavy atom. The summed E-state index contributed by atoms with van der Waals surface area (Å²) >= 11 is 0. The van der Waals surface area contributed by atoms with Crippen molar-refractivity contribution in [2.75, 3.05) is 17.2 Å². The lowest BCUT2D eigenvalue weighted by Crippen LogP contribution is -2.38. The number of nitrogens with zero attached hydrogens (tertiary/aromatic N) is 1. The van der Waals surface area contributed by atoms with Gasteiger partial charge in [0.15, 0.2) is 0 Å². The maximum atomic E-state index is 12.5. The molecule has 0 bridgehead atoms. The third kappa shape index (κ3) is 3.98. The smallest absolute Gasteiger partial charge is 0.305 e. The number of rotatable bonds is 7. The summed E-state index contributed by atoms with van der Waals surface area (Å²) in [6.07, 6.45) is 1.36. The quantitative estimate of drug-likeness (QED) is 0.751. The van der Waals surface area contributed by atoms with Crippen molar-refractivity contribution < 1.29 is 14.7 Å². The number of aliphatic carboxylic acids is 1. The second-order valence-corrected chi connectivity index (χ2v) is 4.71. The van der Waals surface area contributed by atoms with Crippen LogP contribution in [0.5, 0.6) is 0 Å². The molecule has 0 unspecified atom stereocenters. The number of para-hydroxylation sites is 2. The zero-order valence-corrected chi connectivity index (χ0v) is 12.0. The summed E-state index contributed by atoms with van der Waals surface area (Å²) in [5, 5.41) is 8.84. The lowest BCUT2D eigenvalue weighted by Gasteiger charge is -2.27. The zero-order chi connectivity index (χ0) is 15.1. The number of carboxylic acid groups (broad SMARTS) is 1. The van der Waals surface area contributed by atoms with Crippen LogP contribution in [-0.4, -0.2) is 23.5 Å². The Labute approximate surface area is 119 Å². The van der Waals surface area contributed by atoms with Crippen LogP contribution in [0.3, 0.4) is 0 Å². The van der Waals surface area contributed by atoms with Gasteiger partial charge in [-0.2, -0.15) is 0 Å². The molecule has 0 saturated carbocycles. The summed E-state index contributed by atoms with van der Waals surface area (Å²) in [5.41, 5.74) is 6.98. The standard InChI is InChI=1S/C15H22N2O3/c1-3-11(4-2)15(20)17(10-9-14(18)19)13-8-6-5-7-12(13)16/h5-8,11H,3-4,9-10,16H2,1-2H3,(H,18,19). The average molecular weight is 278 g/mol. The predicted octanol–water partition coefficient (Wildman–Crippen LogP) is 2.51. The lowest BCUT2D eigenvalue weighted by molar-refractivity contribution is -0.136. The van der Waals surface area contributed by atoms with Crippen molar-refractivity contribution in [1.82, 2.24) is 0 Å². The Morgan fingerprint density at radius 2 is 1.85 bits per heavy atom. The average Bonchev–Trinajstić information content (AvgIpc) is 2.42. The van der Waals surface area contributed by atoms with Crippen molar-refractivity contribution in [2.45, 2.75) is 33.1 Å². The summed E-state index contributed by atoms with van der Waals surface area (Å²) in [5.74, 6) is -1.10. The molecule has 0 spiro atoms. The van der Waals surface area contributed by atoms with E-state index in [9.17, 15) is 9.59 Å². The number of carbonyl (C=O) groups excluding carboxylic acids is 1. The first-order valence-electron chi connectivity index (χ1n) is 6.88. The summed E-state index contributed by atoms with van der Waals surface area (Å²) in [4.78, 5) is 24.8. The van der Waals surface area contributed by atoms with Crippen LogP contribution < -0.4 is 10.6 Å². The van der Waals surface area contributed by atoms with Crippen molar-refractivity contribution >= 4 is 23.3 Å². The van der Waals surface area contributed by atoms with Crippen molar-refractivity contribution in [1.29, 1.82) is 0 Å². The minimum absolute atomic E-state index is 0.0610. The van der Waals surface area contributed by atoms with Crippen LogP contribution in [0.2, 0.25) is 0 Å². The van der Waals surface area contributed by atoms with E-state index in [0.29, 0.717) is 11.4 Å². The normalized spacial score (nSPS) is 10.6. The molecule has 1 rings (SSSR count). The van der Waals surface area contributed by atoms with Crippen molar-refractivity contribution in [2.24, 2.45) is 5.92 Å². The summed E-state index contributed by atoms with van der Waals surface area (Å²) in [6.45, 7) is 4.05. The Morgan fingerprint density at radius 1 is 1.25 bits per heavy atom. The van der Waals surface area contributed by atoms with Gasteiger partial charge in [-0.3, -0.25) is 9.59 Å². The van der Waals surface area contributed by atoms with Crippen molar-refractivity contribution in [3.63, 3.8) is 0 Å². The molecule has 0 fully saturated rings. The number of benzene rings is 1. The van der Waals surface area contributed by atoms with Crippen LogP contribution in [0.15, 0.2) is 24.3 Å². The Bertz CT molecular complexity index is 470. The van der Waals surface area contributed by atoms with Crippen molar-refractivity contribution in [3.8, 4) is 0 Å². The monoisotopic (exact) mass is 278 g/mol. The van der Waals surface area contributed by atoms with Gasteiger partial charge in [0.1, 0.15) is 0 Å². The molecule has 1 aromatic rings. The molecule has 0 saturated heterocycles. The second kappa shape index (κ2) is 7.53. The van der Waals surface area contributed by atoms with E-state index >= 15 is 0 Å².